The Morgan fingerprint density at radius 3 is 2.50 bits per heavy atom. The minimum atomic E-state index is -0.694. The van der Waals surface area contributed by atoms with Crippen LogP contribution in [-0.4, -0.2) is 18.2 Å². The predicted molar refractivity (Wildman–Crippen MR) is 45.6 cm³/mol. The average Bonchev–Trinajstić information content (AvgIpc) is 1.84. The number of carbonyl (C=O) groups excluding carboxylic acids is 2. The number of nitrogens with two attached hydrogens (primary N) is 1. The Morgan fingerprint density at radius 2 is 2.08 bits per heavy atom. The molecule has 0 aliphatic heterocycles. The van der Waals surface area contributed by atoms with Crippen molar-refractivity contribution < 1.29 is 9.59 Å². The van der Waals surface area contributed by atoms with Gasteiger partial charge in [-0.25, -0.2) is 9.79 Å². The summed E-state index contributed by atoms with van der Waals surface area (Å²) in [5, 5.41) is 1.98. The third-order valence-corrected chi connectivity index (χ3v) is 0.835. The molecule has 0 aromatic carbocycles. The number of carbonyl (C=O) groups is 2. The minimum absolute atomic E-state index is 0.334. The summed E-state index contributed by atoms with van der Waals surface area (Å²) < 4.78 is 0. The minimum Gasteiger partial charge on any atom is -0.402 e. The van der Waals surface area contributed by atoms with Gasteiger partial charge >= 0.3 is 6.03 Å². The third kappa shape index (κ3) is 5.16. The summed E-state index contributed by atoms with van der Waals surface area (Å²) in [6.45, 7) is 3.13. The molecule has 12 heavy (non-hydrogen) atoms. The standard InChI is InChI=1S/C7H11N3O2/c1-3-9-7(12)10-6(11)4-5(2)8/h3-4H,8H2,1-2H3,(H,10,11,12)/b5-4+,9-3?. The second kappa shape index (κ2) is 5.06. The largest absolute Gasteiger partial charge is 0.402 e. The zero-order valence-corrected chi connectivity index (χ0v) is 7.00. The van der Waals surface area contributed by atoms with Crippen molar-refractivity contribution >= 4 is 18.2 Å². The van der Waals surface area contributed by atoms with Crippen LogP contribution in [0.2, 0.25) is 0 Å². The first-order valence-electron chi connectivity index (χ1n) is 3.33. The first-order valence-corrected chi connectivity index (χ1v) is 3.33. The van der Waals surface area contributed by atoms with Gasteiger partial charge in [-0.3, -0.25) is 10.1 Å². The van der Waals surface area contributed by atoms with Gasteiger partial charge in [-0.2, -0.15) is 0 Å². The summed E-state index contributed by atoms with van der Waals surface area (Å²) in [5.41, 5.74) is 5.53. The number of allylic oxidation sites excluding steroid dienone is 1. The summed E-state index contributed by atoms with van der Waals surface area (Å²) in [6.07, 6.45) is 2.41. The molecule has 3 amide bonds. The number of rotatable bonds is 1. The monoisotopic (exact) mass is 169 g/mol. The van der Waals surface area contributed by atoms with Crippen LogP contribution in [0.15, 0.2) is 16.8 Å². The molecule has 5 heteroatoms. The lowest BCUT2D eigenvalue weighted by atomic mass is 10.4. The molecule has 0 atom stereocenters. The van der Waals surface area contributed by atoms with E-state index in [0.717, 1.165) is 6.08 Å². The predicted octanol–water partition coefficient (Wildman–Crippen LogP) is 0.176. The molecule has 0 aliphatic carbocycles. The van der Waals surface area contributed by atoms with E-state index in [1.807, 2.05) is 5.32 Å². The van der Waals surface area contributed by atoms with E-state index in [0.29, 0.717) is 5.70 Å². The van der Waals surface area contributed by atoms with Crippen LogP contribution in [0.3, 0.4) is 0 Å². The molecule has 0 heterocycles. The van der Waals surface area contributed by atoms with E-state index < -0.39 is 11.9 Å². The normalized spacial score (nSPS) is 11.7. The van der Waals surface area contributed by atoms with Gasteiger partial charge in [0.1, 0.15) is 0 Å². The fourth-order valence-corrected chi connectivity index (χ4v) is 0.498. The SMILES string of the molecule is CC=NC(=O)NC(=O)/C=C(\C)N. The molecule has 5 nitrogen and oxygen atoms in total. The number of amides is 3. The van der Waals surface area contributed by atoms with Crippen molar-refractivity contribution in [2.45, 2.75) is 13.8 Å². The summed E-state index contributed by atoms with van der Waals surface area (Å²) in [5.74, 6) is -0.564. The number of imide groups is 1. The first kappa shape index (κ1) is 10.3. The molecule has 0 unspecified atom stereocenters. The Balaban J connectivity index is 4.02. The topological polar surface area (TPSA) is 84.5 Å². The van der Waals surface area contributed by atoms with E-state index in [4.69, 9.17) is 5.73 Å². The van der Waals surface area contributed by atoms with E-state index in [9.17, 15) is 9.59 Å². The van der Waals surface area contributed by atoms with Gasteiger partial charge in [0.15, 0.2) is 0 Å². The molecule has 0 fully saturated rings. The van der Waals surface area contributed by atoms with Crippen LogP contribution in [0, 0.1) is 0 Å². The number of hydrogen-bond acceptors (Lipinski definition) is 3. The number of hydrogen-bond donors (Lipinski definition) is 2. The molecule has 3 N–H and O–H groups in total. The van der Waals surface area contributed by atoms with Crippen LogP contribution in [-0.2, 0) is 4.79 Å². The molecular weight excluding hydrogens is 158 g/mol. The molecule has 0 bridgehead atoms. The van der Waals surface area contributed by atoms with Crippen molar-refractivity contribution in [2.24, 2.45) is 10.7 Å². The maximum atomic E-state index is 10.8. The van der Waals surface area contributed by atoms with Gasteiger partial charge in [0.05, 0.1) is 0 Å². The van der Waals surface area contributed by atoms with Gasteiger partial charge in [0.2, 0.25) is 0 Å². The van der Waals surface area contributed by atoms with Gasteiger partial charge in [0, 0.05) is 18.0 Å². The lowest BCUT2D eigenvalue weighted by molar-refractivity contribution is -0.115. The zero-order chi connectivity index (χ0) is 9.56. The molecular formula is C7H11N3O2. The highest BCUT2D eigenvalue weighted by Gasteiger charge is 2.01. The Morgan fingerprint density at radius 1 is 1.50 bits per heavy atom. The summed E-state index contributed by atoms with van der Waals surface area (Å²) >= 11 is 0. The highest BCUT2D eigenvalue weighted by Crippen LogP contribution is 1.80. The fraction of sp³-hybridized carbons (Fsp3) is 0.286. The Hall–Kier alpha value is -1.65. The first-order chi connectivity index (χ1) is 5.56. The lowest BCUT2D eigenvalue weighted by Gasteiger charge is -1.94. The molecule has 0 aliphatic rings. The van der Waals surface area contributed by atoms with Crippen molar-refractivity contribution in [3.05, 3.63) is 11.8 Å². The molecule has 0 radical (unpaired) electrons. The van der Waals surface area contributed by atoms with E-state index in [1.165, 1.54) is 6.21 Å². The fourth-order valence-electron chi connectivity index (χ4n) is 0.498. The maximum absolute atomic E-state index is 10.8. The van der Waals surface area contributed by atoms with Crippen molar-refractivity contribution in [3.63, 3.8) is 0 Å². The molecule has 0 aromatic rings. The second-order valence-corrected chi connectivity index (χ2v) is 2.07. The number of nitrogens with one attached hydrogen (secondary N) is 1. The third-order valence-electron chi connectivity index (χ3n) is 0.835. The summed E-state index contributed by atoms with van der Waals surface area (Å²) in [6, 6.07) is -0.694. The van der Waals surface area contributed by atoms with Gasteiger partial charge < -0.3 is 5.73 Å². The highest BCUT2D eigenvalue weighted by atomic mass is 16.2. The van der Waals surface area contributed by atoms with Crippen molar-refractivity contribution in [1.82, 2.24) is 5.32 Å². The Labute approximate surface area is 70.3 Å². The average molecular weight is 169 g/mol. The van der Waals surface area contributed by atoms with Crippen LogP contribution in [0.4, 0.5) is 4.79 Å². The van der Waals surface area contributed by atoms with Crippen molar-refractivity contribution in [1.29, 1.82) is 0 Å². The second-order valence-electron chi connectivity index (χ2n) is 2.07. The summed E-state index contributed by atoms with van der Waals surface area (Å²) in [7, 11) is 0. The van der Waals surface area contributed by atoms with Crippen LogP contribution in [0.5, 0.6) is 0 Å². The van der Waals surface area contributed by atoms with Gasteiger partial charge in [-0.1, -0.05) is 0 Å². The van der Waals surface area contributed by atoms with E-state index >= 15 is 0 Å². The molecule has 66 valence electrons. The van der Waals surface area contributed by atoms with E-state index in [-0.39, 0.29) is 0 Å². The molecule has 0 saturated carbocycles. The van der Waals surface area contributed by atoms with Crippen LogP contribution in [0.25, 0.3) is 0 Å². The Bertz CT molecular complexity index is 239. The van der Waals surface area contributed by atoms with Gasteiger partial charge in [-0.15, -0.1) is 0 Å². The quantitative estimate of drug-likeness (QED) is 0.433. The smallest absolute Gasteiger partial charge is 0.347 e. The lowest BCUT2D eigenvalue weighted by Crippen LogP contribution is -2.26. The molecule has 0 rings (SSSR count). The van der Waals surface area contributed by atoms with Crippen LogP contribution < -0.4 is 11.1 Å². The van der Waals surface area contributed by atoms with Gasteiger partial charge in [-0.05, 0) is 13.8 Å². The molecule has 0 aromatic heterocycles. The number of aliphatic imine (C=N–C) groups is 1. The highest BCUT2D eigenvalue weighted by molar-refractivity contribution is 6.02. The van der Waals surface area contributed by atoms with E-state index in [1.54, 1.807) is 13.8 Å². The van der Waals surface area contributed by atoms with Crippen molar-refractivity contribution in [3.8, 4) is 0 Å². The molecule has 0 saturated heterocycles. The summed E-state index contributed by atoms with van der Waals surface area (Å²) in [4.78, 5) is 24.7. The van der Waals surface area contributed by atoms with Gasteiger partial charge in [0.25, 0.3) is 5.91 Å². The van der Waals surface area contributed by atoms with Crippen molar-refractivity contribution in [2.75, 3.05) is 0 Å². The molecule has 0 spiro atoms. The van der Waals surface area contributed by atoms with Crippen LogP contribution in [0.1, 0.15) is 13.8 Å². The zero-order valence-electron chi connectivity index (χ0n) is 7.00. The Kier molecular flexibility index (Phi) is 4.36. The number of nitrogens with zero attached hydrogens (tertiary/aromatic N) is 1. The maximum Gasteiger partial charge on any atom is 0.347 e. The van der Waals surface area contributed by atoms with Crippen LogP contribution >= 0.6 is 0 Å². The number of urea groups is 1. The van der Waals surface area contributed by atoms with E-state index in [2.05, 4.69) is 4.99 Å².